The predicted molar refractivity (Wildman–Crippen MR) is 128 cm³/mol. The Morgan fingerprint density at radius 3 is 1.74 bits per heavy atom. The average Bonchev–Trinajstić information content (AvgIpc) is 2.84. The van der Waals surface area contributed by atoms with Crippen LogP contribution in [0, 0.1) is 0 Å². The van der Waals surface area contributed by atoms with Gasteiger partial charge in [-0.3, -0.25) is 0 Å². The second-order valence-electron chi connectivity index (χ2n) is 7.53. The van der Waals surface area contributed by atoms with E-state index in [4.69, 9.17) is 23.7 Å². The minimum Gasteiger partial charge on any atom is -0.457 e. The van der Waals surface area contributed by atoms with Crippen LogP contribution in [0.25, 0.3) is 10.8 Å². The van der Waals surface area contributed by atoms with Crippen LogP contribution in [0.4, 0.5) is 0 Å². The van der Waals surface area contributed by atoms with Crippen LogP contribution < -0.4 is 14.2 Å². The molecule has 180 valence electrons. The number of carbonyl (C=O) groups is 3. The number of rotatable bonds is 10. The van der Waals surface area contributed by atoms with Gasteiger partial charge >= 0.3 is 17.9 Å². The molecule has 0 atom stereocenters. The third kappa shape index (κ3) is 7.20. The fraction of sp³-hybridized carbons (Fsp3) is 0.148. The van der Waals surface area contributed by atoms with Crippen molar-refractivity contribution in [1.82, 2.24) is 0 Å². The Hall–Kier alpha value is -4.59. The average molecular weight is 476 g/mol. The minimum atomic E-state index is -0.543. The standard InChI is InChI=1S/C27H24O8/c1-17(2)25(28)33-15-31-22-9-11-23(12-10-22)35-27(30)21-6-5-20-14-24(8-7-19(20)13-21)32-16-34-26(29)18(3)4/h5-14H,1,3,15-16H2,2,4H3. The highest BCUT2D eigenvalue weighted by Gasteiger charge is 2.11. The molecule has 0 fully saturated rings. The molecule has 35 heavy (non-hydrogen) atoms. The monoisotopic (exact) mass is 476 g/mol. The normalized spacial score (nSPS) is 10.2. The van der Waals surface area contributed by atoms with E-state index >= 15 is 0 Å². The molecule has 0 N–H and O–H groups in total. The van der Waals surface area contributed by atoms with Gasteiger partial charge in [-0.2, -0.15) is 0 Å². The maximum Gasteiger partial charge on any atom is 0.343 e. The molecule has 0 saturated heterocycles. The van der Waals surface area contributed by atoms with Crippen LogP contribution in [0.2, 0.25) is 0 Å². The third-order valence-corrected chi connectivity index (χ3v) is 4.61. The highest BCUT2D eigenvalue weighted by atomic mass is 16.7. The lowest BCUT2D eigenvalue weighted by Gasteiger charge is -2.10. The molecule has 0 aliphatic heterocycles. The second kappa shape index (κ2) is 11.5. The molecule has 3 aromatic rings. The van der Waals surface area contributed by atoms with E-state index < -0.39 is 17.9 Å². The number of fused-ring (bicyclic) bond motifs is 1. The van der Waals surface area contributed by atoms with Gasteiger partial charge in [-0.05, 0) is 73.2 Å². The van der Waals surface area contributed by atoms with Gasteiger partial charge in [0.1, 0.15) is 17.2 Å². The largest absolute Gasteiger partial charge is 0.457 e. The Morgan fingerprint density at radius 2 is 1.14 bits per heavy atom. The van der Waals surface area contributed by atoms with Crippen molar-refractivity contribution in [1.29, 1.82) is 0 Å². The first-order chi connectivity index (χ1) is 16.7. The van der Waals surface area contributed by atoms with Gasteiger partial charge in [-0.25, -0.2) is 14.4 Å². The Kier molecular flexibility index (Phi) is 8.24. The van der Waals surface area contributed by atoms with Crippen LogP contribution in [-0.4, -0.2) is 31.5 Å². The van der Waals surface area contributed by atoms with Crippen LogP contribution in [0.3, 0.4) is 0 Å². The van der Waals surface area contributed by atoms with E-state index in [1.807, 2.05) is 0 Å². The van der Waals surface area contributed by atoms with Gasteiger partial charge in [0.15, 0.2) is 0 Å². The number of ether oxygens (including phenoxy) is 5. The molecule has 8 heteroatoms. The Labute approximate surface area is 202 Å². The van der Waals surface area contributed by atoms with E-state index in [1.54, 1.807) is 74.5 Å². The van der Waals surface area contributed by atoms with Crippen LogP contribution in [0.15, 0.2) is 85.0 Å². The zero-order valence-electron chi connectivity index (χ0n) is 19.4. The molecule has 0 unspecified atom stereocenters. The van der Waals surface area contributed by atoms with Gasteiger partial charge in [-0.1, -0.05) is 25.3 Å². The van der Waals surface area contributed by atoms with Gasteiger partial charge in [0.2, 0.25) is 13.6 Å². The van der Waals surface area contributed by atoms with Crippen molar-refractivity contribution in [3.05, 3.63) is 90.5 Å². The fourth-order valence-electron chi connectivity index (χ4n) is 2.76. The highest BCUT2D eigenvalue weighted by molar-refractivity contribution is 5.96. The lowest BCUT2D eigenvalue weighted by Crippen LogP contribution is -2.11. The summed E-state index contributed by atoms with van der Waals surface area (Å²) in [5.41, 5.74) is 0.936. The maximum atomic E-state index is 12.6. The van der Waals surface area contributed by atoms with E-state index in [0.29, 0.717) is 22.8 Å². The summed E-state index contributed by atoms with van der Waals surface area (Å²) in [5.74, 6) is -0.312. The summed E-state index contributed by atoms with van der Waals surface area (Å²) in [7, 11) is 0. The van der Waals surface area contributed by atoms with Crippen molar-refractivity contribution >= 4 is 28.7 Å². The first-order valence-corrected chi connectivity index (χ1v) is 10.5. The fourth-order valence-corrected chi connectivity index (χ4v) is 2.76. The van der Waals surface area contributed by atoms with Crippen molar-refractivity contribution in [2.45, 2.75) is 13.8 Å². The molecule has 0 heterocycles. The van der Waals surface area contributed by atoms with E-state index in [-0.39, 0.29) is 24.7 Å². The van der Waals surface area contributed by atoms with Crippen LogP contribution in [0.5, 0.6) is 17.2 Å². The molecule has 0 radical (unpaired) electrons. The Morgan fingerprint density at radius 1 is 0.657 bits per heavy atom. The first kappa shape index (κ1) is 25.0. The summed E-state index contributed by atoms with van der Waals surface area (Å²) in [4.78, 5) is 35.3. The first-order valence-electron chi connectivity index (χ1n) is 10.5. The molecular weight excluding hydrogens is 452 g/mol. The topological polar surface area (TPSA) is 97.4 Å². The number of carbonyl (C=O) groups excluding carboxylic acids is 3. The van der Waals surface area contributed by atoms with Crippen molar-refractivity contribution in [2.75, 3.05) is 13.6 Å². The quantitative estimate of drug-likeness (QED) is 0.175. The van der Waals surface area contributed by atoms with E-state index in [9.17, 15) is 14.4 Å². The molecule has 0 bridgehead atoms. The van der Waals surface area contributed by atoms with Crippen molar-refractivity contribution in [3.8, 4) is 17.2 Å². The Balaban J connectivity index is 1.56. The molecule has 0 amide bonds. The molecule has 0 spiro atoms. The molecule has 0 saturated carbocycles. The van der Waals surface area contributed by atoms with Crippen LogP contribution in [-0.2, 0) is 19.1 Å². The number of hydrogen-bond acceptors (Lipinski definition) is 8. The molecule has 0 aliphatic rings. The summed E-state index contributed by atoms with van der Waals surface area (Å²) >= 11 is 0. The lowest BCUT2D eigenvalue weighted by molar-refractivity contribution is -0.146. The third-order valence-electron chi connectivity index (χ3n) is 4.61. The van der Waals surface area contributed by atoms with E-state index in [2.05, 4.69) is 13.2 Å². The van der Waals surface area contributed by atoms with E-state index in [1.165, 1.54) is 0 Å². The summed E-state index contributed by atoms with van der Waals surface area (Å²) in [6, 6.07) is 16.7. The predicted octanol–water partition coefficient (Wildman–Crippen LogP) is 4.97. The number of esters is 3. The van der Waals surface area contributed by atoms with Crippen molar-refractivity contribution < 1.29 is 38.1 Å². The van der Waals surface area contributed by atoms with Gasteiger partial charge < -0.3 is 23.7 Å². The lowest BCUT2D eigenvalue weighted by atomic mass is 10.1. The highest BCUT2D eigenvalue weighted by Crippen LogP contribution is 2.24. The van der Waals surface area contributed by atoms with Gasteiger partial charge in [-0.15, -0.1) is 0 Å². The minimum absolute atomic E-state index is 0.231. The number of benzene rings is 3. The maximum absolute atomic E-state index is 12.6. The van der Waals surface area contributed by atoms with Gasteiger partial charge in [0.25, 0.3) is 0 Å². The second-order valence-corrected chi connectivity index (χ2v) is 7.53. The van der Waals surface area contributed by atoms with Crippen LogP contribution in [0.1, 0.15) is 24.2 Å². The van der Waals surface area contributed by atoms with Crippen LogP contribution >= 0.6 is 0 Å². The zero-order valence-corrected chi connectivity index (χ0v) is 19.4. The number of hydrogen-bond donors (Lipinski definition) is 0. The zero-order chi connectivity index (χ0) is 25.4. The summed E-state index contributed by atoms with van der Waals surface area (Å²) < 4.78 is 26.0. The Bertz CT molecular complexity index is 1270. The molecular formula is C27H24O8. The SMILES string of the molecule is C=C(C)C(=O)OCOc1ccc(OC(=O)c2ccc3cc(OCOC(=O)C(=C)C)ccc3c2)cc1. The van der Waals surface area contributed by atoms with Gasteiger partial charge in [0, 0.05) is 11.1 Å². The molecule has 3 rings (SSSR count). The molecule has 8 nitrogen and oxygen atoms in total. The molecule has 0 aromatic heterocycles. The summed E-state index contributed by atoms with van der Waals surface area (Å²) in [6.07, 6.45) is 0. The summed E-state index contributed by atoms with van der Waals surface area (Å²) in [5, 5.41) is 1.64. The van der Waals surface area contributed by atoms with Crippen molar-refractivity contribution in [3.63, 3.8) is 0 Å². The smallest absolute Gasteiger partial charge is 0.343 e. The van der Waals surface area contributed by atoms with Crippen molar-refractivity contribution in [2.24, 2.45) is 0 Å². The van der Waals surface area contributed by atoms with E-state index in [0.717, 1.165) is 10.8 Å². The molecule has 3 aromatic carbocycles. The molecule has 0 aliphatic carbocycles. The summed E-state index contributed by atoms with van der Waals surface area (Å²) in [6.45, 7) is 9.60. The van der Waals surface area contributed by atoms with Gasteiger partial charge in [0.05, 0.1) is 5.56 Å².